The molecule has 0 heterocycles. The van der Waals surface area contributed by atoms with E-state index >= 15 is 0 Å². The van der Waals surface area contributed by atoms with Gasteiger partial charge in [-0.25, -0.2) is 8.78 Å². The SMILES string of the molecule is COc1ccc(C(F)F)c(CC(C)=O)c1. The van der Waals surface area contributed by atoms with Crippen molar-refractivity contribution in [2.75, 3.05) is 7.11 Å². The Balaban J connectivity index is 3.10. The van der Waals surface area contributed by atoms with Gasteiger partial charge in [-0.1, -0.05) is 0 Å². The van der Waals surface area contributed by atoms with Crippen LogP contribution in [0.2, 0.25) is 0 Å². The summed E-state index contributed by atoms with van der Waals surface area (Å²) in [7, 11) is 1.45. The van der Waals surface area contributed by atoms with E-state index in [-0.39, 0.29) is 17.8 Å². The summed E-state index contributed by atoms with van der Waals surface area (Å²) in [5, 5.41) is 0. The summed E-state index contributed by atoms with van der Waals surface area (Å²) in [5.41, 5.74) is 0.225. The molecule has 82 valence electrons. The number of hydrogen-bond acceptors (Lipinski definition) is 2. The first kappa shape index (κ1) is 11.6. The van der Waals surface area contributed by atoms with E-state index in [1.165, 1.54) is 32.2 Å². The molecule has 0 aromatic heterocycles. The van der Waals surface area contributed by atoms with Crippen molar-refractivity contribution in [2.45, 2.75) is 19.8 Å². The van der Waals surface area contributed by atoms with Crippen molar-refractivity contribution in [1.82, 2.24) is 0 Å². The highest BCUT2D eigenvalue weighted by atomic mass is 19.3. The number of alkyl halides is 2. The van der Waals surface area contributed by atoms with Gasteiger partial charge in [0.2, 0.25) is 0 Å². The van der Waals surface area contributed by atoms with Crippen LogP contribution < -0.4 is 4.74 Å². The van der Waals surface area contributed by atoms with Gasteiger partial charge in [0, 0.05) is 12.0 Å². The van der Waals surface area contributed by atoms with E-state index in [4.69, 9.17) is 4.74 Å². The lowest BCUT2D eigenvalue weighted by atomic mass is 10.0. The molecule has 0 aliphatic carbocycles. The topological polar surface area (TPSA) is 26.3 Å². The van der Waals surface area contributed by atoms with Crippen LogP contribution in [0, 0.1) is 0 Å². The Kier molecular flexibility index (Phi) is 3.77. The van der Waals surface area contributed by atoms with Gasteiger partial charge in [0.15, 0.2) is 0 Å². The van der Waals surface area contributed by atoms with Gasteiger partial charge in [0.1, 0.15) is 11.5 Å². The van der Waals surface area contributed by atoms with Crippen LogP contribution >= 0.6 is 0 Å². The molecule has 1 aromatic rings. The zero-order valence-corrected chi connectivity index (χ0v) is 8.59. The summed E-state index contributed by atoms with van der Waals surface area (Å²) in [4.78, 5) is 10.9. The number of carbonyl (C=O) groups is 1. The van der Waals surface area contributed by atoms with Crippen molar-refractivity contribution in [1.29, 1.82) is 0 Å². The van der Waals surface area contributed by atoms with Crippen molar-refractivity contribution in [3.05, 3.63) is 29.3 Å². The first-order valence-electron chi connectivity index (χ1n) is 4.49. The number of hydrogen-bond donors (Lipinski definition) is 0. The zero-order chi connectivity index (χ0) is 11.4. The molecule has 0 amide bonds. The van der Waals surface area contributed by atoms with Crippen molar-refractivity contribution in [2.24, 2.45) is 0 Å². The van der Waals surface area contributed by atoms with E-state index < -0.39 is 6.43 Å². The van der Waals surface area contributed by atoms with Gasteiger partial charge in [0.25, 0.3) is 6.43 Å². The van der Waals surface area contributed by atoms with Crippen LogP contribution in [-0.2, 0) is 11.2 Å². The Labute approximate surface area is 86.9 Å². The number of carbonyl (C=O) groups excluding carboxylic acids is 1. The molecule has 0 saturated heterocycles. The van der Waals surface area contributed by atoms with Gasteiger partial charge in [-0.05, 0) is 30.7 Å². The molecule has 2 nitrogen and oxygen atoms in total. The van der Waals surface area contributed by atoms with Gasteiger partial charge >= 0.3 is 0 Å². The second-order valence-corrected chi connectivity index (χ2v) is 3.24. The van der Waals surface area contributed by atoms with Crippen molar-refractivity contribution < 1.29 is 18.3 Å². The Hall–Kier alpha value is -1.45. The lowest BCUT2D eigenvalue weighted by Gasteiger charge is -2.09. The van der Waals surface area contributed by atoms with Crippen molar-refractivity contribution in [3.8, 4) is 5.75 Å². The minimum absolute atomic E-state index is 0.0108. The molecule has 4 heteroatoms. The van der Waals surface area contributed by atoms with E-state index in [9.17, 15) is 13.6 Å². The smallest absolute Gasteiger partial charge is 0.264 e. The maximum Gasteiger partial charge on any atom is 0.264 e. The minimum Gasteiger partial charge on any atom is -0.497 e. The van der Waals surface area contributed by atoms with Crippen LogP contribution in [0.15, 0.2) is 18.2 Å². The number of Topliss-reactive ketones (excluding diaryl/α,β-unsaturated/α-hetero) is 1. The van der Waals surface area contributed by atoms with Gasteiger partial charge < -0.3 is 4.74 Å². The van der Waals surface area contributed by atoms with E-state index in [2.05, 4.69) is 0 Å². The lowest BCUT2D eigenvalue weighted by molar-refractivity contribution is -0.116. The zero-order valence-electron chi connectivity index (χ0n) is 8.59. The van der Waals surface area contributed by atoms with Gasteiger partial charge in [-0.15, -0.1) is 0 Å². The number of rotatable bonds is 4. The molecule has 0 bridgehead atoms. The molecule has 0 saturated carbocycles. The highest BCUT2D eigenvalue weighted by molar-refractivity contribution is 5.78. The lowest BCUT2D eigenvalue weighted by Crippen LogP contribution is -2.02. The summed E-state index contributed by atoms with van der Waals surface area (Å²) in [6, 6.07) is 4.23. The molecule has 0 aliphatic heterocycles. The predicted octanol–water partition coefficient (Wildman–Crippen LogP) is 2.76. The van der Waals surface area contributed by atoms with E-state index in [1.807, 2.05) is 0 Å². The van der Waals surface area contributed by atoms with E-state index in [0.29, 0.717) is 11.3 Å². The fourth-order valence-electron chi connectivity index (χ4n) is 1.34. The summed E-state index contributed by atoms with van der Waals surface area (Å²) >= 11 is 0. The third-order valence-electron chi connectivity index (χ3n) is 2.02. The highest BCUT2D eigenvalue weighted by Crippen LogP contribution is 2.26. The summed E-state index contributed by atoms with van der Waals surface area (Å²) in [6.45, 7) is 1.37. The fraction of sp³-hybridized carbons (Fsp3) is 0.364. The maximum atomic E-state index is 12.6. The maximum absolute atomic E-state index is 12.6. The number of ketones is 1. The normalized spacial score (nSPS) is 10.5. The van der Waals surface area contributed by atoms with E-state index in [0.717, 1.165) is 0 Å². The van der Waals surface area contributed by atoms with Gasteiger partial charge in [-0.2, -0.15) is 0 Å². The molecular weight excluding hydrogens is 202 g/mol. The van der Waals surface area contributed by atoms with Crippen LogP contribution in [0.25, 0.3) is 0 Å². The van der Waals surface area contributed by atoms with Crippen LogP contribution in [0.1, 0.15) is 24.5 Å². The average molecular weight is 214 g/mol. The van der Waals surface area contributed by atoms with Crippen LogP contribution in [0.4, 0.5) is 8.78 Å². The predicted molar refractivity (Wildman–Crippen MR) is 52.3 cm³/mol. The third-order valence-corrected chi connectivity index (χ3v) is 2.02. The quantitative estimate of drug-likeness (QED) is 0.770. The van der Waals surface area contributed by atoms with Gasteiger partial charge in [0.05, 0.1) is 7.11 Å². The van der Waals surface area contributed by atoms with Crippen molar-refractivity contribution >= 4 is 5.78 Å². The first-order chi connectivity index (χ1) is 7.04. The molecule has 1 aromatic carbocycles. The second-order valence-electron chi connectivity index (χ2n) is 3.24. The Morgan fingerprint density at radius 2 is 2.13 bits per heavy atom. The highest BCUT2D eigenvalue weighted by Gasteiger charge is 2.14. The summed E-state index contributed by atoms with van der Waals surface area (Å²) in [5.74, 6) is 0.334. The minimum atomic E-state index is -2.56. The molecule has 0 radical (unpaired) electrons. The number of halogens is 2. The molecule has 0 unspecified atom stereocenters. The Morgan fingerprint density at radius 1 is 1.47 bits per heavy atom. The van der Waals surface area contributed by atoms with Crippen molar-refractivity contribution in [3.63, 3.8) is 0 Å². The molecule has 1 rings (SSSR count). The Morgan fingerprint density at radius 3 is 2.60 bits per heavy atom. The fourth-order valence-corrected chi connectivity index (χ4v) is 1.34. The number of methoxy groups -OCH3 is 1. The summed E-state index contributed by atoms with van der Waals surface area (Å²) < 4.78 is 30.0. The molecule has 0 atom stereocenters. The largest absolute Gasteiger partial charge is 0.497 e. The van der Waals surface area contributed by atoms with E-state index in [1.54, 1.807) is 0 Å². The molecular formula is C11H12F2O2. The summed E-state index contributed by atoms with van der Waals surface area (Å²) in [6.07, 6.45) is -2.55. The number of ether oxygens (including phenoxy) is 1. The van der Waals surface area contributed by atoms with Crippen LogP contribution in [0.5, 0.6) is 5.75 Å². The number of benzene rings is 1. The van der Waals surface area contributed by atoms with Crippen LogP contribution in [0.3, 0.4) is 0 Å². The molecule has 15 heavy (non-hydrogen) atoms. The second kappa shape index (κ2) is 4.87. The van der Waals surface area contributed by atoms with Gasteiger partial charge in [-0.3, -0.25) is 4.79 Å². The first-order valence-corrected chi connectivity index (χ1v) is 4.49. The molecule has 0 spiro atoms. The Bertz CT molecular complexity index is 362. The monoisotopic (exact) mass is 214 g/mol. The molecule has 0 aliphatic rings. The van der Waals surface area contributed by atoms with Crippen LogP contribution in [-0.4, -0.2) is 12.9 Å². The third kappa shape index (κ3) is 3.01. The average Bonchev–Trinajstić information content (AvgIpc) is 2.16. The standard InChI is InChI=1S/C11H12F2O2/c1-7(14)5-8-6-9(15-2)3-4-10(8)11(12)13/h3-4,6,11H,5H2,1-2H3. The molecule has 0 fully saturated rings. The molecule has 0 N–H and O–H groups in total.